The second kappa shape index (κ2) is 4.62. The van der Waals surface area contributed by atoms with E-state index in [1.54, 1.807) is 0 Å². The number of hydrogen-bond acceptors (Lipinski definition) is 2. The molecule has 1 rings (SSSR count). The lowest BCUT2D eigenvalue weighted by atomic mass is 10.1. The van der Waals surface area contributed by atoms with Crippen molar-refractivity contribution in [2.75, 3.05) is 0 Å². The summed E-state index contributed by atoms with van der Waals surface area (Å²) in [6.45, 7) is 4.97. The molecule has 0 bridgehead atoms. The minimum absolute atomic E-state index is 0.0929. The third-order valence-electron chi connectivity index (χ3n) is 1.77. The average Bonchev–Trinajstić information content (AvgIpc) is 2.10. The van der Waals surface area contributed by atoms with Gasteiger partial charge in [-0.3, -0.25) is 4.79 Å². The molecule has 0 unspecified atom stereocenters. The summed E-state index contributed by atoms with van der Waals surface area (Å²) in [6, 6.07) is 2.60. The predicted molar refractivity (Wildman–Crippen MR) is 57.2 cm³/mol. The van der Waals surface area contributed by atoms with Gasteiger partial charge in [0, 0.05) is 0 Å². The third-order valence-corrected chi connectivity index (χ3v) is 2.14. The highest BCUT2D eigenvalue weighted by Crippen LogP contribution is 2.30. The van der Waals surface area contributed by atoms with Gasteiger partial charge in [-0.1, -0.05) is 11.6 Å². The van der Waals surface area contributed by atoms with Crippen LogP contribution in [0, 0.1) is 5.82 Å². The van der Waals surface area contributed by atoms with E-state index in [-0.39, 0.29) is 22.5 Å². The number of carbonyl (C=O) groups excluding carboxylic acids is 1. The van der Waals surface area contributed by atoms with Gasteiger partial charge < -0.3 is 4.74 Å². The molecule has 0 aliphatic heterocycles. The molecule has 0 heterocycles. The van der Waals surface area contributed by atoms with Crippen molar-refractivity contribution < 1.29 is 13.9 Å². The predicted octanol–water partition coefficient (Wildman–Crippen LogP) is 3.47. The zero-order valence-corrected chi connectivity index (χ0v) is 9.56. The minimum atomic E-state index is -0.613. The topological polar surface area (TPSA) is 26.3 Å². The number of ketones is 1. The van der Waals surface area contributed by atoms with E-state index in [2.05, 4.69) is 0 Å². The lowest BCUT2D eigenvalue weighted by Gasteiger charge is -2.13. The summed E-state index contributed by atoms with van der Waals surface area (Å²) in [5, 5.41) is -0.180. The van der Waals surface area contributed by atoms with Crippen LogP contribution in [0.4, 0.5) is 4.39 Å². The summed E-state index contributed by atoms with van der Waals surface area (Å²) >= 11 is 5.70. The van der Waals surface area contributed by atoms with E-state index >= 15 is 0 Å². The first-order valence-electron chi connectivity index (χ1n) is 4.59. The Hall–Kier alpha value is -1.09. The Labute approximate surface area is 93.0 Å². The first kappa shape index (κ1) is 12.0. The molecule has 0 atom stereocenters. The van der Waals surface area contributed by atoms with E-state index < -0.39 is 5.82 Å². The number of Topliss-reactive ketones (excluding diaryl/α,β-unsaturated/α-hetero) is 1. The summed E-state index contributed by atoms with van der Waals surface area (Å²) in [4.78, 5) is 11.3. The van der Waals surface area contributed by atoms with Crippen molar-refractivity contribution in [1.29, 1.82) is 0 Å². The van der Waals surface area contributed by atoms with Gasteiger partial charge in [0.25, 0.3) is 0 Å². The van der Waals surface area contributed by atoms with Crippen LogP contribution in [-0.4, -0.2) is 11.9 Å². The molecule has 4 heteroatoms. The normalized spacial score (nSPS) is 10.5. The van der Waals surface area contributed by atoms with Crippen LogP contribution in [0.1, 0.15) is 31.1 Å². The van der Waals surface area contributed by atoms with E-state index in [1.807, 2.05) is 13.8 Å². The summed E-state index contributed by atoms with van der Waals surface area (Å²) in [5.41, 5.74) is 0.102. The molecule has 2 nitrogen and oxygen atoms in total. The van der Waals surface area contributed by atoms with Crippen molar-refractivity contribution in [3.63, 3.8) is 0 Å². The van der Waals surface area contributed by atoms with Crippen molar-refractivity contribution in [3.05, 3.63) is 28.5 Å². The minimum Gasteiger partial charge on any atom is -0.490 e. The van der Waals surface area contributed by atoms with Gasteiger partial charge in [0.05, 0.1) is 16.7 Å². The Bertz CT molecular complexity index is 388. The lowest BCUT2D eigenvalue weighted by Crippen LogP contribution is -2.10. The number of ether oxygens (including phenoxy) is 1. The molecular weight excluding hydrogens is 219 g/mol. The van der Waals surface area contributed by atoms with Crippen LogP contribution in [0.5, 0.6) is 5.75 Å². The maximum atomic E-state index is 13.1. The van der Waals surface area contributed by atoms with Gasteiger partial charge in [0.2, 0.25) is 0 Å². The summed E-state index contributed by atoms with van der Waals surface area (Å²) < 4.78 is 18.5. The second-order valence-corrected chi connectivity index (χ2v) is 3.84. The molecule has 1 aromatic carbocycles. The smallest absolute Gasteiger partial charge is 0.165 e. The zero-order chi connectivity index (χ0) is 11.6. The van der Waals surface area contributed by atoms with Crippen LogP contribution >= 0.6 is 11.6 Å². The van der Waals surface area contributed by atoms with Gasteiger partial charge in [0.1, 0.15) is 11.6 Å². The van der Waals surface area contributed by atoms with Gasteiger partial charge in [0.15, 0.2) is 5.78 Å². The molecule has 0 N–H and O–H groups in total. The Morgan fingerprint density at radius 1 is 1.47 bits per heavy atom. The van der Waals surface area contributed by atoms with Crippen molar-refractivity contribution >= 4 is 17.4 Å². The summed E-state index contributed by atoms with van der Waals surface area (Å²) in [6.07, 6.45) is -0.0929. The van der Waals surface area contributed by atoms with Gasteiger partial charge in [-0.05, 0) is 32.9 Å². The standard InChI is InChI=1S/C11H12ClFO2/c1-6(2)15-9-5-4-8(13)11(12)10(9)7(3)14/h4-6H,1-3H3. The highest BCUT2D eigenvalue weighted by molar-refractivity contribution is 6.34. The molecule has 0 radical (unpaired) electrons. The maximum Gasteiger partial charge on any atom is 0.165 e. The second-order valence-electron chi connectivity index (χ2n) is 3.46. The Kier molecular flexibility index (Phi) is 3.69. The summed E-state index contributed by atoms with van der Waals surface area (Å²) in [5.74, 6) is -0.600. The molecule has 0 saturated heterocycles. The monoisotopic (exact) mass is 230 g/mol. The van der Waals surface area contributed by atoms with Crippen LogP contribution in [0.2, 0.25) is 5.02 Å². The van der Waals surface area contributed by atoms with Crippen molar-refractivity contribution in [1.82, 2.24) is 0 Å². The fraction of sp³-hybridized carbons (Fsp3) is 0.364. The highest BCUT2D eigenvalue weighted by atomic mass is 35.5. The maximum absolute atomic E-state index is 13.1. The lowest BCUT2D eigenvalue weighted by molar-refractivity contribution is 0.101. The molecular formula is C11H12ClFO2. The Balaban J connectivity index is 3.27. The molecule has 0 aliphatic rings. The summed E-state index contributed by atoms with van der Waals surface area (Å²) in [7, 11) is 0. The quantitative estimate of drug-likeness (QED) is 0.744. The number of halogens is 2. The van der Waals surface area contributed by atoms with Crippen molar-refractivity contribution in [3.8, 4) is 5.75 Å². The Morgan fingerprint density at radius 3 is 2.53 bits per heavy atom. The van der Waals surface area contributed by atoms with Gasteiger partial charge in [-0.25, -0.2) is 4.39 Å². The molecule has 0 aliphatic carbocycles. The molecule has 1 aromatic rings. The molecule has 0 saturated carbocycles. The fourth-order valence-electron chi connectivity index (χ4n) is 1.21. The van der Waals surface area contributed by atoms with E-state index in [9.17, 15) is 9.18 Å². The number of hydrogen-bond donors (Lipinski definition) is 0. The van der Waals surface area contributed by atoms with E-state index in [0.717, 1.165) is 0 Å². The van der Waals surface area contributed by atoms with Crippen LogP contribution < -0.4 is 4.74 Å². The van der Waals surface area contributed by atoms with Gasteiger partial charge in [-0.2, -0.15) is 0 Å². The van der Waals surface area contributed by atoms with E-state index in [0.29, 0.717) is 5.75 Å². The first-order chi connectivity index (χ1) is 6.93. The van der Waals surface area contributed by atoms with Crippen LogP contribution in [0.15, 0.2) is 12.1 Å². The van der Waals surface area contributed by atoms with E-state index in [4.69, 9.17) is 16.3 Å². The van der Waals surface area contributed by atoms with Gasteiger partial charge >= 0.3 is 0 Å². The highest BCUT2D eigenvalue weighted by Gasteiger charge is 2.17. The molecule has 15 heavy (non-hydrogen) atoms. The van der Waals surface area contributed by atoms with Crippen molar-refractivity contribution in [2.24, 2.45) is 0 Å². The van der Waals surface area contributed by atoms with Crippen LogP contribution in [0.3, 0.4) is 0 Å². The molecule has 82 valence electrons. The first-order valence-corrected chi connectivity index (χ1v) is 4.97. The molecule has 0 aromatic heterocycles. The van der Waals surface area contributed by atoms with Crippen molar-refractivity contribution in [2.45, 2.75) is 26.9 Å². The fourth-order valence-corrected chi connectivity index (χ4v) is 1.50. The Morgan fingerprint density at radius 2 is 2.07 bits per heavy atom. The molecule has 0 spiro atoms. The largest absolute Gasteiger partial charge is 0.490 e. The van der Waals surface area contributed by atoms with Crippen LogP contribution in [-0.2, 0) is 0 Å². The van der Waals surface area contributed by atoms with Gasteiger partial charge in [-0.15, -0.1) is 0 Å². The van der Waals surface area contributed by atoms with Crippen LogP contribution in [0.25, 0.3) is 0 Å². The SMILES string of the molecule is CC(=O)c1c(OC(C)C)ccc(F)c1Cl. The molecule has 0 fully saturated rings. The number of carbonyl (C=O) groups is 1. The van der Waals surface area contributed by atoms with E-state index in [1.165, 1.54) is 19.1 Å². The zero-order valence-electron chi connectivity index (χ0n) is 8.80. The molecule has 0 amide bonds. The number of rotatable bonds is 3. The third kappa shape index (κ3) is 2.69. The average molecular weight is 231 g/mol. The number of benzene rings is 1.